The van der Waals surface area contributed by atoms with E-state index in [2.05, 4.69) is 12.2 Å². The lowest BCUT2D eigenvalue weighted by molar-refractivity contribution is 0.402. The lowest BCUT2D eigenvalue weighted by atomic mass is 10.1. The van der Waals surface area contributed by atoms with Crippen LogP contribution in [0.1, 0.15) is 32.2 Å². The minimum absolute atomic E-state index is 0.0472. The Morgan fingerprint density at radius 2 is 2.11 bits per heavy atom. The van der Waals surface area contributed by atoms with Crippen molar-refractivity contribution >= 4 is 16.6 Å². The van der Waals surface area contributed by atoms with Gasteiger partial charge in [0.15, 0.2) is 11.6 Å². The molecule has 8 nitrogen and oxygen atoms in total. The molecule has 1 saturated heterocycles. The molecule has 9 heteroatoms. The van der Waals surface area contributed by atoms with Gasteiger partial charge in [-0.05, 0) is 25.3 Å². The van der Waals surface area contributed by atoms with Crippen LogP contribution in [-0.4, -0.2) is 42.0 Å². The summed E-state index contributed by atoms with van der Waals surface area (Å²) < 4.78 is 22.7. The van der Waals surface area contributed by atoms with Crippen LogP contribution < -0.4 is 32.0 Å². The van der Waals surface area contributed by atoms with Crippen molar-refractivity contribution in [3.63, 3.8) is 0 Å². The van der Waals surface area contributed by atoms with E-state index >= 15 is 4.39 Å². The Morgan fingerprint density at radius 1 is 1.37 bits per heavy atom. The largest absolute Gasteiger partial charge is 0.492 e. The number of ether oxygens (including phenoxy) is 1. The third kappa shape index (κ3) is 2.77. The number of methoxy groups -OCH3 is 1. The third-order valence-electron chi connectivity index (χ3n) is 5.47. The molecule has 2 aliphatic rings. The number of benzene rings is 1. The highest BCUT2D eigenvalue weighted by molar-refractivity contribution is 5.91. The first kappa shape index (κ1) is 17.8. The van der Waals surface area contributed by atoms with Crippen LogP contribution in [0.25, 0.3) is 10.9 Å². The summed E-state index contributed by atoms with van der Waals surface area (Å²) >= 11 is 0. The molecule has 4 rings (SSSR count). The SMILES string of the molecule is CCC1CN(c2c(F)cc3c(=O)n(N)c(=O)n(C4CC4)c3c2OC)CCN1. The highest BCUT2D eigenvalue weighted by Gasteiger charge is 2.33. The Hall–Kier alpha value is -2.55. The number of nitrogens with one attached hydrogen (secondary N) is 1. The van der Waals surface area contributed by atoms with Gasteiger partial charge in [0.25, 0.3) is 5.56 Å². The van der Waals surface area contributed by atoms with Crippen LogP contribution in [0.4, 0.5) is 10.1 Å². The first-order valence-corrected chi connectivity index (χ1v) is 9.29. The Labute approximate surface area is 155 Å². The van der Waals surface area contributed by atoms with Crippen LogP contribution >= 0.6 is 0 Å². The van der Waals surface area contributed by atoms with E-state index in [1.54, 1.807) is 0 Å². The van der Waals surface area contributed by atoms with E-state index in [0.717, 1.165) is 25.8 Å². The third-order valence-corrected chi connectivity index (χ3v) is 5.47. The summed E-state index contributed by atoms with van der Waals surface area (Å²) in [5.41, 5.74) is -0.687. The van der Waals surface area contributed by atoms with E-state index in [-0.39, 0.29) is 23.2 Å². The fraction of sp³-hybridized carbons (Fsp3) is 0.556. The van der Waals surface area contributed by atoms with E-state index in [0.29, 0.717) is 29.0 Å². The predicted molar refractivity (Wildman–Crippen MR) is 102 cm³/mol. The zero-order valence-corrected chi connectivity index (χ0v) is 15.5. The van der Waals surface area contributed by atoms with Crippen molar-refractivity contribution in [1.82, 2.24) is 14.6 Å². The van der Waals surface area contributed by atoms with Gasteiger partial charge in [-0.25, -0.2) is 9.18 Å². The fourth-order valence-electron chi connectivity index (χ4n) is 3.90. The molecule has 2 aromatic rings. The molecule has 1 aromatic carbocycles. The number of aromatic nitrogens is 2. The van der Waals surface area contributed by atoms with Gasteiger partial charge in [0, 0.05) is 31.7 Å². The molecule has 146 valence electrons. The molecule has 0 radical (unpaired) electrons. The van der Waals surface area contributed by atoms with E-state index in [1.807, 2.05) is 4.90 Å². The van der Waals surface area contributed by atoms with Crippen LogP contribution in [0.2, 0.25) is 0 Å². The second-order valence-electron chi connectivity index (χ2n) is 7.20. The molecular formula is C18H24FN5O3. The standard InChI is InChI=1S/C18H24FN5O3/c1-3-10-9-22(7-6-21-10)15-13(19)8-12-14(16(15)27-2)23(11-4-5-11)18(26)24(20)17(12)25/h8,10-11,21H,3-7,9,20H2,1-2H3. The minimum atomic E-state index is -0.720. The summed E-state index contributed by atoms with van der Waals surface area (Å²) in [4.78, 5) is 27.1. The van der Waals surface area contributed by atoms with E-state index in [4.69, 9.17) is 10.6 Å². The van der Waals surface area contributed by atoms with Gasteiger partial charge in [0.2, 0.25) is 0 Å². The molecule has 27 heavy (non-hydrogen) atoms. The Morgan fingerprint density at radius 3 is 2.74 bits per heavy atom. The second kappa shape index (κ2) is 6.56. The topological polar surface area (TPSA) is 94.5 Å². The van der Waals surface area contributed by atoms with Crippen molar-refractivity contribution < 1.29 is 9.13 Å². The smallest absolute Gasteiger partial charge is 0.350 e. The molecular weight excluding hydrogens is 353 g/mol. The first-order chi connectivity index (χ1) is 13.0. The number of nitrogen functional groups attached to an aromatic ring is 1. The molecule has 0 bridgehead atoms. The van der Waals surface area contributed by atoms with E-state index in [9.17, 15) is 9.59 Å². The first-order valence-electron chi connectivity index (χ1n) is 9.29. The summed E-state index contributed by atoms with van der Waals surface area (Å²) in [6.07, 6.45) is 2.54. The lowest BCUT2D eigenvalue weighted by Gasteiger charge is -2.36. The van der Waals surface area contributed by atoms with Crippen LogP contribution in [0, 0.1) is 5.82 Å². The van der Waals surface area contributed by atoms with Crippen molar-refractivity contribution in [2.75, 3.05) is 37.5 Å². The number of halogens is 1. The maximum absolute atomic E-state index is 15.1. The Bertz CT molecular complexity index is 1010. The molecule has 1 aliphatic heterocycles. The predicted octanol–water partition coefficient (Wildman–Crippen LogP) is 0.548. The number of nitrogens with two attached hydrogens (primary N) is 1. The normalized spacial score (nSPS) is 20.3. The van der Waals surface area contributed by atoms with Gasteiger partial charge in [-0.3, -0.25) is 9.36 Å². The van der Waals surface area contributed by atoms with Gasteiger partial charge < -0.3 is 20.8 Å². The average Bonchev–Trinajstić information content (AvgIpc) is 3.51. The number of rotatable bonds is 4. The lowest BCUT2D eigenvalue weighted by Crippen LogP contribution is -2.51. The van der Waals surface area contributed by atoms with Crippen LogP contribution in [0.5, 0.6) is 5.75 Å². The number of fused-ring (bicyclic) bond motifs is 1. The molecule has 2 heterocycles. The maximum Gasteiger partial charge on any atom is 0.350 e. The monoisotopic (exact) mass is 377 g/mol. The van der Waals surface area contributed by atoms with E-state index in [1.165, 1.54) is 17.7 Å². The number of anilines is 1. The maximum atomic E-state index is 15.1. The van der Waals surface area contributed by atoms with E-state index < -0.39 is 17.1 Å². The van der Waals surface area contributed by atoms with Crippen molar-refractivity contribution in [3.05, 3.63) is 32.7 Å². The fourth-order valence-corrected chi connectivity index (χ4v) is 3.90. The zero-order chi connectivity index (χ0) is 19.3. The highest BCUT2D eigenvalue weighted by atomic mass is 19.1. The van der Waals surface area contributed by atoms with Crippen LogP contribution in [-0.2, 0) is 0 Å². The molecule has 1 atom stereocenters. The summed E-state index contributed by atoms with van der Waals surface area (Å²) in [6.45, 7) is 4.02. The molecule has 2 fully saturated rings. The van der Waals surface area contributed by atoms with Gasteiger partial charge >= 0.3 is 5.69 Å². The van der Waals surface area contributed by atoms with Crippen molar-refractivity contribution in [2.24, 2.45) is 0 Å². The van der Waals surface area contributed by atoms with Crippen LogP contribution in [0.3, 0.4) is 0 Å². The molecule has 0 amide bonds. The van der Waals surface area contributed by atoms with Crippen molar-refractivity contribution in [1.29, 1.82) is 0 Å². The van der Waals surface area contributed by atoms with Crippen molar-refractivity contribution in [2.45, 2.75) is 38.3 Å². The number of hydrogen-bond acceptors (Lipinski definition) is 6. The number of piperazine rings is 1. The summed E-state index contributed by atoms with van der Waals surface area (Å²) in [5.74, 6) is 5.34. The molecule has 1 unspecified atom stereocenters. The summed E-state index contributed by atoms with van der Waals surface area (Å²) in [6, 6.07) is 1.37. The zero-order valence-electron chi connectivity index (χ0n) is 15.5. The van der Waals surface area contributed by atoms with Crippen molar-refractivity contribution in [3.8, 4) is 5.75 Å². The Balaban J connectivity index is 2.03. The van der Waals surface area contributed by atoms with Crippen LogP contribution in [0.15, 0.2) is 15.7 Å². The number of hydrogen-bond donors (Lipinski definition) is 2. The average molecular weight is 377 g/mol. The summed E-state index contributed by atoms with van der Waals surface area (Å²) in [7, 11) is 1.44. The quantitative estimate of drug-likeness (QED) is 0.756. The molecule has 1 aromatic heterocycles. The highest BCUT2D eigenvalue weighted by Crippen LogP contribution is 2.42. The minimum Gasteiger partial charge on any atom is -0.492 e. The molecule has 3 N–H and O–H groups in total. The van der Waals surface area contributed by atoms with Gasteiger partial charge in [-0.1, -0.05) is 6.92 Å². The molecule has 0 spiro atoms. The molecule has 1 saturated carbocycles. The summed E-state index contributed by atoms with van der Waals surface area (Å²) in [5, 5.41) is 3.46. The Kier molecular flexibility index (Phi) is 4.33. The molecule has 1 aliphatic carbocycles. The number of nitrogens with zero attached hydrogens (tertiary/aromatic N) is 3. The van der Waals surface area contributed by atoms with Gasteiger partial charge in [0.05, 0.1) is 12.5 Å². The second-order valence-corrected chi connectivity index (χ2v) is 7.20. The van der Waals surface area contributed by atoms with Gasteiger partial charge in [0.1, 0.15) is 11.2 Å². The van der Waals surface area contributed by atoms with Gasteiger partial charge in [-0.2, -0.15) is 4.68 Å². The van der Waals surface area contributed by atoms with Gasteiger partial charge in [-0.15, -0.1) is 0 Å².